The number of hydrogen-bond acceptors (Lipinski definition) is 3. The summed E-state index contributed by atoms with van der Waals surface area (Å²) in [7, 11) is 0. The largest absolute Gasteiger partial charge is 0.364 e. The van der Waals surface area contributed by atoms with Gasteiger partial charge in [-0.25, -0.2) is 9.78 Å². The maximum atomic E-state index is 5.31. The van der Waals surface area contributed by atoms with Crippen molar-refractivity contribution in [1.82, 2.24) is 0 Å². The molecule has 0 N–H and O–H groups in total. The monoisotopic (exact) mass is 128 g/mol. The molecule has 3 saturated heterocycles. The molecule has 0 amide bonds. The van der Waals surface area contributed by atoms with Crippen molar-refractivity contribution < 1.29 is 14.5 Å². The molecule has 3 aliphatic heterocycles. The summed E-state index contributed by atoms with van der Waals surface area (Å²) in [5.74, 6) is 0. The van der Waals surface area contributed by atoms with E-state index in [-0.39, 0.29) is 12.2 Å². The zero-order chi connectivity index (χ0) is 5.84. The minimum Gasteiger partial charge on any atom is -0.364 e. The topological polar surface area (TPSA) is 31.0 Å². The molecule has 4 fully saturated rings. The Morgan fingerprint density at radius 1 is 0.889 bits per heavy atom. The van der Waals surface area contributed by atoms with E-state index in [0.717, 1.165) is 12.8 Å². The molecule has 3 heterocycles. The van der Waals surface area contributed by atoms with Crippen LogP contribution in [-0.2, 0) is 14.5 Å². The predicted molar refractivity (Wildman–Crippen MR) is 27.6 cm³/mol. The van der Waals surface area contributed by atoms with Crippen molar-refractivity contribution in [2.75, 3.05) is 0 Å². The van der Waals surface area contributed by atoms with Gasteiger partial charge in [-0.1, -0.05) is 0 Å². The SMILES string of the molecule is C1C[C@H]2OO[C@@H]1[C@H]1O[C@H]12. The standard InChI is InChI=1S/C6H8O3/c1-2-4-6-5(7-6)3(1)8-9-4/h3-6H,1-2H2/t3-,4+,5+,6-. The van der Waals surface area contributed by atoms with Crippen LogP contribution in [0.1, 0.15) is 12.8 Å². The van der Waals surface area contributed by atoms with Crippen molar-refractivity contribution in [1.29, 1.82) is 0 Å². The van der Waals surface area contributed by atoms with Gasteiger partial charge in [0.25, 0.3) is 0 Å². The van der Waals surface area contributed by atoms with E-state index in [1.807, 2.05) is 0 Å². The Kier molecular flexibility index (Phi) is 0.678. The molecule has 2 bridgehead atoms. The third-order valence-corrected chi connectivity index (χ3v) is 2.33. The zero-order valence-electron chi connectivity index (χ0n) is 4.95. The molecule has 0 aromatic heterocycles. The average Bonchev–Trinajstić information content (AvgIpc) is 2.68. The first-order chi connectivity index (χ1) is 4.45. The molecule has 0 radical (unpaired) electrons. The lowest BCUT2D eigenvalue weighted by Gasteiger charge is -2.30. The van der Waals surface area contributed by atoms with Crippen molar-refractivity contribution in [2.45, 2.75) is 37.3 Å². The van der Waals surface area contributed by atoms with Crippen LogP contribution in [-0.4, -0.2) is 24.4 Å². The highest BCUT2D eigenvalue weighted by atomic mass is 17.2. The van der Waals surface area contributed by atoms with E-state index < -0.39 is 0 Å². The summed E-state index contributed by atoms with van der Waals surface area (Å²) in [5, 5.41) is 0. The van der Waals surface area contributed by atoms with Gasteiger partial charge in [0.2, 0.25) is 0 Å². The second kappa shape index (κ2) is 1.31. The Morgan fingerprint density at radius 2 is 1.44 bits per heavy atom. The highest BCUT2D eigenvalue weighted by molar-refractivity contribution is 5.02. The Bertz CT molecular complexity index is 123. The quantitative estimate of drug-likeness (QED) is 0.346. The fourth-order valence-electron chi connectivity index (χ4n) is 1.74. The van der Waals surface area contributed by atoms with Crippen molar-refractivity contribution in [2.24, 2.45) is 0 Å². The van der Waals surface area contributed by atoms with Gasteiger partial charge >= 0.3 is 0 Å². The molecular formula is C6H8O3. The summed E-state index contributed by atoms with van der Waals surface area (Å²) in [6, 6.07) is 0. The maximum Gasteiger partial charge on any atom is 0.122 e. The molecular weight excluding hydrogens is 120 g/mol. The molecule has 1 saturated carbocycles. The van der Waals surface area contributed by atoms with Gasteiger partial charge in [0.1, 0.15) is 24.4 Å². The Balaban J connectivity index is 1.93. The van der Waals surface area contributed by atoms with E-state index in [4.69, 9.17) is 14.5 Å². The Labute approximate surface area is 52.8 Å². The van der Waals surface area contributed by atoms with Gasteiger partial charge < -0.3 is 4.74 Å². The second-order valence-electron chi connectivity index (χ2n) is 2.91. The third-order valence-electron chi connectivity index (χ3n) is 2.33. The van der Waals surface area contributed by atoms with Gasteiger partial charge in [0, 0.05) is 0 Å². The Hall–Kier alpha value is -0.120. The van der Waals surface area contributed by atoms with Crippen molar-refractivity contribution in [3.05, 3.63) is 0 Å². The molecule has 50 valence electrons. The molecule has 4 aliphatic rings. The van der Waals surface area contributed by atoms with Gasteiger partial charge in [-0.15, -0.1) is 0 Å². The number of epoxide rings is 1. The van der Waals surface area contributed by atoms with Gasteiger partial charge in [-0.2, -0.15) is 0 Å². The first-order valence-corrected chi connectivity index (χ1v) is 3.43. The first-order valence-electron chi connectivity index (χ1n) is 3.43. The van der Waals surface area contributed by atoms with Crippen LogP contribution in [0.3, 0.4) is 0 Å². The molecule has 0 aromatic carbocycles. The van der Waals surface area contributed by atoms with Crippen LogP contribution in [0.15, 0.2) is 0 Å². The van der Waals surface area contributed by atoms with E-state index in [2.05, 4.69) is 0 Å². The summed E-state index contributed by atoms with van der Waals surface area (Å²) in [5.41, 5.74) is 0. The van der Waals surface area contributed by atoms with Crippen LogP contribution in [0.4, 0.5) is 0 Å². The molecule has 3 heteroatoms. The fraction of sp³-hybridized carbons (Fsp3) is 1.00. The van der Waals surface area contributed by atoms with E-state index in [9.17, 15) is 0 Å². The van der Waals surface area contributed by atoms with Gasteiger partial charge in [0.15, 0.2) is 0 Å². The summed E-state index contributed by atoms with van der Waals surface area (Å²) in [6.07, 6.45) is 3.51. The minimum absolute atomic E-state index is 0.250. The van der Waals surface area contributed by atoms with Gasteiger partial charge in [0.05, 0.1) is 0 Å². The van der Waals surface area contributed by atoms with Crippen LogP contribution < -0.4 is 0 Å². The van der Waals surface area contributed by atoms with E-state index in [1.165, 1.54) is 0 Å². The lowest BCUT2D eigenvalue weighted by molar-refractivity contribution is -0.386. The maximum absolute atomic E-state index is 5.31. The molecule has 0 spiro atoms. The molecule has 9 heavy (non-hydrogen) atoms. The molecule has 4 atom stereocenters. The van der Waals surface area contributed by atoms with Gasteiger partial charge in [-0.05, 0) is 12.8 Å². The van der Waals surface area contributed by atoms with E-state index >= 15 is 0 Å². The highest BCUT2D eigenvalue weighted by Crippen LogP contribution is 2.44. The number of ether oxygens (including phenoxy) is 1. The highest BCUT2D eigenvalue weighted by Gasteiger charge is 2.58. The van der Waals surface area contributed by atoms with E-state index in [0.29, 0.717) is 12.2 Å². The number of hydrogen-bond donors (Lipinski definition) is 0. The molecule has 3 nitrogen and oxygen atoms in total. The lowest BCUT2D eigenvalue weighted by Crippen LogP contribution is -2.41. The van der Waals surface area contributed by atoms with E-state index in [1.54, 1.807) is 0 Å². The smallest absolute Gasteiger partial charge is 0.122 e. The molecule has 0 unspecified atom stereocenters. The fourth-order valence-corrected chi connectivity index (χ4v) is 1.74. The average molecular weight is 128 g/mol. The summed E-state index contributed by atoms with van der Waals surface area (Å²) >= 11 is 0. The Morgan fingerprint density at radius 3 is 1.78 bits per heavy atom. The summed E-state index contributed by atoms with van der Waals surface area (Å²) < 4.78 is 5.31. The zero-order valence-corrected chi connectivity index (χ0v) is 4.95. The van der Waals surface area contributed by atoms with Crippen LogP contribution in [0, 0.1) is 0 Å². The van der Waals surface area contributed by atoms with Gasteiger partial charge in [-0.3, -0.25) is 0 Å². The normalized spacial score (nSPS) is 61.3. The number of fused-ring (bicyclic) bond motifs is 2. The summed E-state index contributed by atoms with van der Waals surface area (Å²) in [4.78, 5) is 10.0. The predicted octanol–water partition coefficient (Wildman–Crippen LogP) is 0.247. The molecule has 4 rings (SSSR count). The molecule has 1 aliphatic carbocycles. The van der Waals surface area contributed by atoms with Crippen LogP contribution in [0.2, 0.25) is 0 Å². The lowest BCUT2D eigenvalue weighted by atomic mass is 9.94. The van der Waals surface area contributed by atoms with Crippen LogP contribution in [0.25, 0.3) is 0 Å². The minimum atomic E-state index is 0.250. The molecule has 0 aromatic rings. The third kappa shape index (κ3) is 0.478. The van der Waals surface area contributed by atoms with Crippen molar-refractivity contribution >= 4 is 0 Å². The van der Waals surface area contributed by atoms with Crippen LogP contribution >= 0.6 is 0 Å². The van der Waals surface area contributed by atoms with Crippen molar-refractivity contribution in [3.8, 4) is 0 Å². The number of rotatable bonds is 0. The summed E-state index contributed by atoms with van der Waals surface area (Å²) in [6.45, 7) is 0. The second-order valence-corrected chi connectivity index (χ2v) is 2.91. The first kappa shape index (κ1) is 4.66. The van der Waals surface area contributed by atoms with Crippen LogP contribution in [0.5, 0.6) is 0 Å². The van der Waals surface area contributed by atoms with Crippen molar-refractivity contribution in [3.63, 3.8) is 0 Å².